The molecular weight excluding hydrogens is 372 g/mol. The van der Waals surface area contributed by atoms with Gasteiger partial charge in [0.2, 0.25) is 5.91 Å². The highest BCUT2D eigenvalue weighted by molar-refractivity contribution is 5.95. The fraction of sp³-hybridized carbons (Fsp3) is 0.500. The minimum atomic E-state index is -0.591. The Morgan fingerprint density at radius 1 is 0.900 bits per heavy atom. The van der Waals surface area contributed by atoms with Crippen LogP contribution >= 0.6 is 0 Å². The van der Waals surface area contributed by atoms with Crippen molar-refractivity contribution in [2.45, 2.75) is 72.1 Å². The average molecular weight is 409 g/mol. The second-order valence-corrected chi connectivity index (χ2v) is 8.78. The summed E-state index contributed by atoms with van der Waals surface area (Å²) < 4.78 is 6.22. The molecule has 0 unspecified atom stereocenters. The maximum atomic E-state index is 12.2. The van der Waals surface area contributed by atoms with Crippen molar-refractivity contribution in [2.75, 3.05) is 6.61 Å². The van der Waals surface area contributed by atoms with E-state index in [-0.39, 0.29) is 5.91 Å². The zero-order chi connectivity index (χ0) is 21.4. The van der Waals surface area contributed by atoms with E-state index in [1.54, 1.807) is 0 Å². The molecule has 4 heteroatoms. The van der Waals surface area contributed by atoms with E-state index in [9.17, 15) is 4.79 Å². The van der Waals surface area contributed by atoms with Gasteiger partial charge in [0.05, 0.1) is 12.0 Å². The van der Waals surface area contributed by atoms with E-state index in [1.165, 1.54) is 50.3 Å². The van der Waals surface area contributed by atoms with Gasteiger partial charge in [-0.15, -0.1) is 0 Å². The second kappa shape index (κ2) is 10.5. The van der Waals surface area contributed by atoms with Crippen LogP contribution in [0.2, 0.25) is 0 Å². The lowest BCUT2D eigenvalue weighted by Crippen LogP contribution is -2.28. The number of hydrazine groups is 1. The molecule has 3 rings (SSSR count). The Labute approximate surface area is 181 Å². The van der Waals surface area contributed by atoms with Gasteiger partial charge in [0.1, 0.15) is 5.75 Å². The number of benzene rings is 2. The molecule has 2 N–H and O–H groups in total. The molecular formula is C26H36N2O2. The lowest BCUT2D eigenvalue weighted by atomic mass is 9.88. The molecule has 1 fully saturated rings. The van der Waals surface area contributed by atoms with Crippen LogP contribution in [0.5, 0.6) is 5.75 Å². The Kier molecular flexibility index (Phi) is 7.78. The maximum Gasteiger partial charge on any atom is 0.249 e. The van der Waals surface area contributed by atoms with Crippen molar-refractivity contribution in [2.24, 2.45) is 5.41 Å². The predicted molar refractivity (Wildman–Crippen MR) is 125 cm³/mol. The van der Waals surface area contributed by atoms with E-state index in [0.717, 1.165) is 35.4 Å². The number of ether oxygens (including phenoxy) is 1. The minimum absolute atomic E-state index is 0.0182. The maximum absolute atomic E-state index is 12.2. The third-order valence-electron chi connectivity index (χ3n) is 6.03. The summed E-state index contributed by atoms with van der Waals surface area (Å²) >= 11 is 0. The van der Waals surface area contributed by atoms with Gasteiger partial charge in [-0.25, -0.2) is 0 Å². The van der Waals surface area contributed by atoms with Crippen LogP contribution in [0, 0.1) is 5.41 Å². The van der Waals surface area contributed by atoms with E-state index in [1.807, 2.05) is 26.0 Å². The quantitative estimate of drug-likeness (QED) is 0.425. The van der Waals surface area contributed by atoms with Crippen molar-refractivity contribution in [3.63, 3.8) is 0 Å². The Morgan fingerprint density at radius 2 is 1.60 bits per heavy atom. The van der Waals surface area contributed by atoms with E-state index in [0.29, 0.717) is 0 Å². The van der Waals surface area contributed by atoms with Gasteiger partial charge < -0.3 is 10.2 Å². The number of carbonyl (C=O) groups is 1. The predicted octanol–water partition coefficient (Wildman–Crippen LogP) is 6.36. The zero-order valence-corrected chi connectivity index (χ0v) is 18.7. The van der Waals surface area contributed by atoms with Crippen LogP contribution in [0.25, 0.3) is 16.8 Å². The Balaban J connectivity index is 1.68. The van der Waals surface area contributed by atoms with Crippen LogP contribution in [-0.4, -0.2) is 12.5 Å². The summed E-state index contributed by atoms with van der Waals surface area (Å²) in [6.45, 7) is 6.84. The first kappa shape index (κ1) is 22.2. The van der Waals surface area contributed by atoms with Crippen molar-refractivity contribution in [1.82, 2.24) is 10.9 Å². The standard InChI is InChI=1S/C26H36N2O2/c1-4-5-6-7-8-9-10-13-18-30-23-17-16-20-14-11-12-15-21(20)22(23)19-24-26(2,3)25(29)28-27-24/h11-12,14-17,19,27H,4-10,13,18H2,1-3H3,(H,28,29)/b24-19-. The lowest BCUT2D eigenvalue weighted by molar-refractivity contribution is -0.125. The summed E-state index contributed by atoms with van der Waals surface area (Å²) in [6.07, 6.45) is 12.3. The average Bonchev–Trinajstić information content (AvgIpc) is 3.00. The van der Waals surface area contributed by atoms with Crippen molar-refractivity contribution < 1.29 is 9.53 Å². The first-order valence-corrected chi connectivity index (χ1v) is 11.5. The summed E-state index contributed by atoms with van der Waals surface area (Å²) in [5.41, 5.74) is 7.08. The highest BCUT2D eigenvalue weighted by Crippen LogP contribution is 2.35. The molecule has 2 aromatic rings. The van der Waals surface area contributed by atoms with Gasteiger partial charge in [-0.2, -0.15) is 0 Å². The summed E-state index contributed by atoms with van der Waals surface area (Å²) in [6, 6.07) is 12.5. The lowest BCUT2D eigenvalue weighted by Gasteiger charge is -2.17. The number of hydrogen-bond donors (Lipinski definition) is 2. The van der Waals surface area contributed by atoms with Gasteiger partial charge in [0, 0.05) is 11.3 Å². The third-order valence-corrected chi connectivity index (χ3v) is 6.03. The van der Waals surface area contributed by atoms with E-state index < -0.39 is 5.41 Å². The fourth-order valence-corrected chi connectivity index (χ4v) is 3.89. The number of nitrogens with one attached hydrogen (secondary N) is 2. The van der Waals surface area contributed by atoms with Crippen LogP contribution in [0.4, 0.5) is 0 Å². The van der Waals surface area contributed by atoms with Gasteiger partial charge in [0.15, 0.2) is 0 Å². The smallest absolute Gasteiger partial charge is 0.249 e. The molecule has 1 aliphatic rings. The molecule has 0 radical (unpaired) electrons. The van der Waals surface area contributed by atoms with Crippen molar-refractivity contribution in [3.05, 3.63) is 47.7 Å². The van der Waals surface area contributed by atoms with Crippen LogP contribution in [0.1, 0.15) is 77.7 Å². The molecule has 0 atom stereocenters. The van der Waals surface area contributed by atoms with Crippen molar-refractivity contribution >= 4 is 22.8 Å². The molecule has 30 heavy (non-hydrogen) atoms. The van der Waals surface area contributed by atoms with Crippen LogP contribution in [0.15, 0.2) is 42.1 Å². The molecule has 1 heterocycles. The van der Waals surface area contributed by atoms with Crippen LogP contribution in [0.3, 0.4) is 0 Å². The normalized spacial score (nSPS) is 16.6. The number of carbonyl (C=O) groups excluding carboxylic acids is 1. The summed E-state index contributed by atoms with van der Waals surface area (Å²) in [7, 11) is 0. The van der Waals surface area contributed by atoms with Gasteiger partial charge in [-0.05, 0) is 43.2 Å². The van der Waals surface area contributed by atoms with Gasteiger partial charge in [0.25, 0.3) is 0 Å². The largest absolute Gasteiger partial charge is 0.493 e. The first-order chi connectivity index (χ1) is 14.5. The Hall–Kier alpha value is -2.49. The highest BCUT2D eigenvalue weighted by Gasteiger charge is 2.38. The molecule has 0 spiro atoms. The molecule has 1 amide bonds. The Morgan fingerprint density at radius 3 is 2.30 bits per heavy atom. The molecule has 1 saturated heterocycles. The van der Waals surface area contributed by atoms with E-state index in [4.69, 9.17) is 4.74 Å². The van der Waals surface area contributed by atoms with Gasteiger partial charge in [-0.1, -0.05) is 82.2 Å². The number of hydrogen-bond acceptors (Lipinski definition) is 3. The molecule has 2 aromatic carbocycles. The summed E-state index contributed by atoms with van der Waals surface area (Å²) in [5.74, 6) is 0.858. The summed E-state index contributed by atoms with van der Waals surface area (Å²) in [5, 5.41) is 2.30. The van der Waals surface area contributed by atoms with Crippen molar-refractivity contribution in [1.29, 1.82) is 0 Å². The highest BCUT2D eigenvalue weighted by atomic mass is 16.5. The molecule has 0 saturated carbocycles. The molecule has 4 nitrogen and oxygen atoms in total. The van der Waals surface area contributed by atoms with E-state index >= 15 is 0 Å². The number of unbranched alkanes of at least 4 members (excludes halogenated alkanes) is 7. The monoisotopic (exact) mass is 408 g/mol. The number of fused-ring (bicyclic) bond motifs is 1. The first-order valence-electron chi connectivity index (χ1n) is 11.5. The van der Waals surface area contributed by atoms with Crippen LogP contribution < -0.4 is 15.6 Å². The minimum Gasteiger partial charge on any atom is -0.493 e. The molecule has 162 valence electrons. The topological polar surface area (TPSA) is 50.4 Å². The molecule has 0 aliphatic carbocycles. The van der Waals surface area contributed by atoms with Crippen molar-refractivity contribution in [3.8, 4) is 5.75 Å². The van der Waals surface area contributed by atoms with Gasteiger partial charge in [-0.3, -0.25) is 10.2 Å². The molecule has 0 aromatic heterocycles. The second-order valence-electron chi connectivity index (χ2n) is 8.78. The SMILES string of the molecule is CCCCCCCCCCOc1ccc2ccccc2c1/C=C1\NNC(=O)C1(C)C. The molecule has 0 bridgehead atoms. The number of amides is 1. The zero-order valence-electron chi connectivity index (χ0n) is 18.7. The summed E-state index contributed by atoms with van der Waals surface area (Å²) in [4.78, 5) is 12.2. The van der Waals surface area contributed by atoms with E-state index in [2.05, 4.69) is 48.1 Å². The molecule has 1 aliphatic heterocycles. The van der Waals surface area contributed by atoms with Crippen LogP contribution in [-0.2, 0) is 4.79 Å². The van der Waals surface area contributed by atoms with Gasteiger partial charge >= 0.3 is 0 Å². The fourth-order valence-electron chi connectivity index (χ4n) is 3.89. The number of rotatable bonds is 11. The third kappa shape index (κ3) is 5.35. The Bertz CT molecular complexity index is 886.